The molecule has 0 bridgehead atoms. The Kier molecular flexibility index (Phi) is 6.19. The number of amides is 1. The zero-order chi connectivity index (χ0) is 20.8. The fraction of sp³-hybridized carbons (Fsp3) is 0.182. The number of rotatable bonds is 7. The summed E-state index contributed by atoms with van der Waals surface area (Å²) in [6.45, 7) is 1.25. The van der Waals surface area contributed by atoms with E-state index in [9.17, 15) is 14.7 Å². The van der Waals surface area contributed by atoms with Crippen molar-refractivity contribution in [3.05, 3.63) is 77.4 Å². The van der Waals surface area contributed by atoms with Crippen LogP contribution in [0.4, 0.5) is 0 Å². The van der Waals surface area contributed by atoms with Crippen LogP contribution in [0, 0.1) is 0 Å². The molecule has 0 fully saturated rings. The molecule has 0 saturated carbocycles. The molecular formula is C22H21N3O4. The normalized spacial score (nSPS) is 10.5. The molecule has 0 radical (unpaired) electrons. The van der Waals surface area contributed by atoms with E-state index in [1.807, 2.05) is 54.6 Å². The van der Waals surface area contributed by atoms with E-state index in [1.165, 1.54) is 0 Å². The molecule has 1 aromatic heterocycles. The summed E-state index contributed by atoms with van der Waals surface area (Å²) in [5, 5.41) is 21.2. The van der Waals surface area contributed by atoms with Gasteiger partial charge in [0.25, 0.3) is 5.91 Å². The van der Waals surface area contributed by atoms with E-state index in [0.717, 1.165) is 16.7 Å². The quantitative estimate of drug-likeness (QED) is 0.571. The van der Waals surface area contributed by atoms with Crippen LogP contribution >= 0.6 is 0 Å². The maximum absolute atomic E-state index is 12.2. The molecule has 1 amide bonds. The van der Waals surface area contributed by atoms with Gasteiger partial charge in [-0.2, -0.15) is 0 Å². The third-order valence-electron chi connectivity index (χ3n) is 4.38. The number of nitrogens with one attached hydrogen (secondary N) is 1. The maximum atomic E-state index is 12.2. The van der Waals surface area contributed by atoms with Crippen LogP contribution in [0.2, 0.25) is 0 Å². The molecule has 1 heterocycles. The lowest BCUT2D eigenvalue weighted by molar-refractivity contribution is -0.135. The maximum Gasteiger partial charge on any atom is 0.322 e. The highest BCUT2D eigenvalue weighted by Crippen LogP contribution is 2.23. The van der Waals surface area contributed by atoms with Crippen molar-refractivity contribution < 1.29 is 19.8 Å². The van der Waals surface area contributed by atoms with Crippen LogP contribution in [-0.2, 0) is 17.6 Å². The molecular weight excluding hydrogens is 370 g/mol. The first-order valence-corrected chi connectivity index (χ1v) is 9.21. The van der Waals surface area contributed by atoms with Gasteiger partial charge in [0.15, 0.2) is 11.4 Å². The summed E-state index contributed by atoms with van der Waals surface area (Å²) in [6.07, 6.45) is 0.787. The molecule has 3 N–H and O–H groups in total. The predicted octanol–water partition coefficient (Wildman–Crippen LogP) is 2.82. The van der Waals surface area contributed by atoms with Crippen LogP contribution in [0.1, 0.15) is 34.5 Å². The average molecular weight is 391 g/mol. The van der Waals surface area contributed by atoms with Crippen molar-refractivity contribution in [3.63, 3.8) is 0 Å². The smallest absolute Gasteiger partial charge is 0.322 e. The highest BCUT2D eigenvalue weighted by Gasteiger charge is 2.19. The first kappa shape index (κ1) is 20.0. The summed E-state index contributed by atoms with van der Waals surface area (Å²) in [5.74, 6) is -1.87. The second kappa shape index (κ2) is 8.97. The first-order valence-electron chi connectivity index (χ1n) is 9.21. The summed E-state index contributed by atoms with van der Waals surface area (Å²) >= 11 is 0. The molecule has 0 aliphatic heterocycles. The van der Waals surface area contributed by atoms with Crippen molar-refractivity contribution in [1.82, 2.24) is 15.3 Å². The fourth-order valence-corrected chi connectivity index (χ4v) is 2.90. The van der Waals surface area contributed by atoms with Gasteiger partial charge in [-0.1, -0.05) is 61.5 Å². The predicted molar refractivity (Wildman–Crippen MR) is 108 cm³/mol. The van der Waals surface area contributed by atoms with E-state index in [2.05, 4.69) is 15.3 Å². The molecule has 0 aliphatic carbocycles. The molecule has 0 aliphatic rings. The van der Waals surface area contributed by atoms with Crippen molar-refractivity contribution in [3.8, 4) is 16.9 Å². The second-order valence-corrected chi connectivity index (χ2v) is 6.45. The SMILES string of the molecule is CCc1nc(Cc2ccc(-c3ccccc3)cc2)nc(C(=O)NCC(=O)O)c1O. The number of carbonyl (C=O) groups excluding carboxylic acids is 1. The van der Waals surface area contributed by atoms with Gasteiger partial charge in [0.05, 0.1) is 5.69 Å². The highest BCUT2D eigenvalue weighted by molar-refractivity contribution is 5.96. The Labute approximate surface area is 168 Å². The Balaban J connectivity index is 1.84. The van der Waals surface area contributed by atoms with Gasteiger partial charge < -0.3 is 15.5 Å². The number of benzene rings is 2. The molecule has 148 valence electrons. The number of hydrogen-bond donors (Lipinski definition) is 3. The van der Waals surface area contributed by atoms with Gasteiger partial charge in [0.1, 0.15) is 12.4 Å². The molecule has 29 heavy (non-hydrogen) atoms. The van der Waals surface area contributed by atoms with Gasteiger partial charge in [-0.3, -0.25) is 9.59 Å². The summed E-state index contributed by atoms with van der Waals surface area (Å²) in [4.78, 5) is 31.4. The lowest BCUT2D eigenvalue weighted by Crippen LogP contribution is -2.30. The van der Waals surface area contributed by atoms with E-state index in [4.69, 9.17) is 5.11 Å². The molecule has 0 atom stereocenters. The number of carboxylic acids is 1. The average Bonchev–Trinajstić information content (AvgIpc) is 2.74. The number of nitrogens with zero attached hydrogens (tertiary/aromatic N) is 2. The first-order chi connectivity index (χ1) is 14.0. The van der Waals surface area contributed by atoms with Crippen molar-refractivity contribution >= 4 is 11.9 Å². The van der Waals surface area contributed by atoms with Crippen LogP contribution in [0.3, 0.4) is 0 Å². The Morgan fingerprint density at radius 3 is 2.24 bits per heavy atom. The molecule has 3 aromatic rings. The third-order valence-corrected chi connectivity index (χ3v) is 4.38. The van der Waals surface area contributed by atoms with Gasteiger partial charge in [0.2, 0.25) is 0 Å². The van der Waals surface area contributed by atoms with Gasteiger partial charge in [-0.25, -0.2) is 9.97 Å². The zero-order valence-electron chi connectivity index (χ0n) is 15.9. The summed E-state index contributed by atoms with van der Waals surface area (Å²) in [6, 6.07) is 17.9. The van der Waals surface area contributed by atoms with E-state index in [1.54, 1.807) is 6.92 Å². The van der Waals surface area contributed by atoms with Gasteiger partial charge >= 0.3 is 5.97 Å². The van der Waals surface area contributed by atoms with Crippen LogP contribution < -0.4 is 5.32 Å². The minimum absolute atomic E-state index is 0.214. The van der Waals surface area contributed by atoms with Crippen LogP contribution in [-0.4, -0.2) is 38.6 Å². The van der Waals surface area contributed by atoms with Crippen molar-refractivity contribution in [2.24, 2.45) is 0 Å². The number of carboxylic acid groups (broad SMARTS) is 1. The highest BCUT2D eigenvalue weighted by atomic mass is 16.4. The topological polar surface area (TPSA) is 112 Å². The summed E-state index contributed by atoms with van der Waals surface area (Å²) in [7, 11) is 0. The lowest BCUT2D eigenvalue weighted by Gasteiger charge is -2.10. The molecule has 7 nitrogen and oxygen atoms in total. The number of aryl methyl sites for hydroxylation is 1. The monoisotopic (exact) mass is 391 g/mol. The minimum Gasteiger partial charge on any atom is -0.504 e. The van der Waals surface area contributed by atoms with Crippen LogP contribution in [0.5, 0.6) is 5.75 Å². The Bertz CT molecular complexity index is 1020. The lowest BCUT2D eigenvalue weighted by atomic mass is 10.0. The van der Waals surface area contributed by atoms with Gasteiger partial charge in [-0.15, -0.1) is 0 Å². The van der Waals surface area contributed by atoms with Crippen molar-refractivity contribution in [1.29, 1.82) is 0 Å². The molecule has 0 unspecified atom stereocenters. The summed E-state index contributed by atoms with van der Waals surface area (Å²) < 4.78 is 0. The Hall–Kier alpha value is -3.74. The van der Waals surface area contributed by atoms with Crippen LogP contribution in [0.15, 0.2) is 54.6 Å². The zero-order valence-corrected chi connectivity index (χ0v) is 15.9. The van der Waals surface area contributed by atoms with E-state index >= 15 is 0 Å². The van der Waals surface area contributed by atoms with Crippen molar-refractivity contribution in [2.75, 3.05) is 6.54 Å². The number of carbonyl (C=O) groups is 2. The Morgan fingerprint density at radius 2 is 1.62 bits per heavy atom. The second-order valence-electron chi connectivity index (χ2n) is 6.45. The van der Waals surface area contributed by atoms with Gasteiger partial charge in [0, 0.05) is 6.42 Å². The van der Waals surface area contributed by atoms with E-state index in [0.29, 0.717) is 24.4 Å². The third kappa shape index (κ3) is 4.95. The standard InChI is InChI=1S/C22H21N3O4/c1-2-17-21(28)20(22(29)23-13-19(26)27)25-18(24-17)12-14-8-10-16(11-9-14)15-6-4-3-5-7-15/h3-11,28H,2,12-13H2,1H3,(H,23,29)(H,26,27). The number of aliphatic carboxylic acids is 1. The molecule has 2 aromatic carbocycles. The molecule has 7 heteroatoms. The Morgan fingerprint density at radius 1 is 0.966 bits per heavy atom. The number of hydrogen-bond acceptors (Lipinski definition) is 5. The van der Waals surface area contributed by atoms with Gasteiger partial charge in [-0.05, 0) is 23.1 Å². The summed E-state index contributed by atoms with van der Waals surface area (Å²) in [5.41, 5.74) is 3.29. The molecule has 0 saturated heterocycles. The molecule has 0 spiro atoms. The number of aromatic hydroxyl groups is 1. The number of aromatic nitrogens is 2. The van der Waals surface area contributed by atoms with E-state index in [-0.39, 0.29) is 11.4 Å². The van der Waals surface area contributed by atoms with Crippen molar-refractivity contribution in [2.45, 2.75) is 19.8 Å². The largest absolute Gasteiger partial charge is 0.504 e. The molecule has 3 rings (SSSR count). The van der Waals surface area contributed by atoms with Crippen LogP contribution in [0.25, 0.3) is 11.1 Å². The fourth-order valence-electron chi connectivity index (χ4n) is 2.90. The van der Waals surface area contributed by atoms with E-state index < -0.39 is 18.4 Å². The minimum atomic E-state index is -1.18.